The predicted molar refractivity (Wildman–Crippen MR) is 81.0 cm³/mol. The Morgan fingerprint density at radius 2 is 1.50 bits per heavy atom. The maximum atomic E-state index is 5.96. The van der Waals surface area contributed by atoms with Gasteiger partial charge in [-0.25, -0.2) is 0 Å². The summed E-state index contributed by atoms with van der Waals surface area (Å²) in [5, 5.41) is 0. The maximum absolute atomic E-state index is 5.96. The molecule has 1 aliphatic carbocycles. The first-order valence-corrected chi connectivity index (χ1v) is 7.10. The highest BCUT2D eigenvalue weighted by Gasteiger charge is 2.28. The molecule has 0 saturated carbocycles. The molecular weight excluding hydrogens is 248 g/mol. The average Bonchev–Trinajstić information content (AvgIpc) is 2.80. The van der Waals surface area contributed by atoms with Crippen LogP contribution in [0.1, 0.15) is 24.0 Å². The molecule has 0 radical (unpaired) electrons. The van der Waals surface area contributed by atoms with Crippen molar-refractivity contribution >= 4 is 0 Å². The summed E-state index contributed by atoms with van der Waals surface area (Å²) in [7, 11) is 1.71. The first kappa shape index (κ1) is 13.3. The summed E-state index contributed by atoms with van der Waals surface area (Å²) in [4.78, 5) is 0. The van der Waals surface area contributed by atoms with Crippen LogP contribution < -0.4 is 0 Å². The van der Waals surface area contributed by atoms with E-state index in [0.29, 0.717) is 19.1 Å². The fraction of sp³-hybridized carbons (Fsp3) is 0.333. The van der Waals surface area contributed by atoms with Gasteiger partial charge in [0.1, 0.15) is 0 Å². The standard InChI is InChI=1S/C18H20O2/c1-13(11-19-2)20-12-18-16-9-5-3-7-14(16)15-8-4-6-10-17(15)18/h3-10,13,18H,11-12H2,1-2H3. The van der Waals surface area contributed by atoms with Crippen molar-refractivity contribution in [2.45, 2.75) is 18.9 Å². The Bertz CT molecular complexity index is 546. The van der Waals surface area contributed by atoms with E-state index in [1.54, 1.807) is 7.11 Å². The van der Waals surface area contributed by atoms with E-state index in [-0.39, 0.29) is 6.10 Å². The Morgan fingerprint density at radius 1 is 0.950 bits per heavy atom. The topological polar surface area (TPSA) is 18.5 Å². The molecule has 0 spiro atoms. The fourth-order valence-corrected chi connectivity index (χ4v) is 2.98. The zero-order chi connectivity index (χ0) is 13.9. The number of hydrogen-bond donors (Lipinski definition) is 0. The lowest BCUT2D eigenvalue weighted by atomic mass is 9.98. The summed E-state index contributed by atoms with van der Waals surface area (Å²) >= 11 is 0. The van der Waals surface area contributed by atoms with Gasteiger partial charge >= 0.3 is 0 Å². The van der Waals surface area contributed by atoms with E-state index in [2.05, 4.69) is 55.5 Å². The molecule has 1 aliphatic rings. The third-order valence-electron chi connectivity index (χ3n) is 3.91. The minimum atomic E-state index is 0.125. The molecule has 0 saturated heterocycles. The fourth-order valence-electron chi connectivity index (χ4n) is 2.98. The van der Waals surface area contributed by atoms with E-state index in [9.17, 15) is 0 Å². The molecule has 1 atom stereocenters. The lowest BCUT2D eigenvalue weighted by Crippen LogP contribution is -2.18. The molecule has 0 bridgehead atoms. The van der Waals surface area contributed by atoms with E-state index in [0.717, 1.165) is 0 Å². The molecule has 0 N–H and O–H groups in total. The van der Waals surface area contributed by atoms with E-state index < -0.39 is 0 Å². The Hall–Kier alpha value is -1.64. The lowest BCUT2D eigenvalue weighted by Gasteiger charge is -2.18. The van der Waals surface area contributed by atoms with Crippen LogP contribution in [0.25, 0.3) is 11.1 Å². The first-order valence-electron chi connectivity index (χ1n) is 7.10. The molecule has 2 aromatic carbocycles. The number of rotatable bonds is 5. The third-order valence-corrected chi connectivity index (χ3v) is 3.91. The molecule has 0 fully saturated rings. The van der Waals surface area contributed by atoms with Crippen molar-refractivity contribution in [3.8, 4) is 11.1 Å². The summed E-state index contributed by atoms with van der Waals surface area (Å²) in [6.45, 7) is 3.39. The van der Waals surface area contributed by atoms with Gasteiger partial charge in [-0.15, -0.1) is 0 Å². The van der Waals surface area contributed by atoms with Crippen molar-refractivity contribution in [1.82, 2.24) is 0 Å². The van der Waals surface area contributed by atoms with Gasteiger partial charge in [0.15, 0.2) is 0 Å². The average molecular weight is 268 g/mol. The summed E-state index contributed by atoms with van der Waals surface area (Å²) in [5.41, 5.74) is 5.43. The Balaban J connectivity index is 1.87. The quantitative estimate of drug-likeness (QED) is 0.820. The zero-order valence-corrected chi connectivity index (χ0v) is 12.0. The smallest absolute Gasteiger partial charge is 0.0780 e. The zero-order valence-electron chi connectivity index (χ0n) is 12.0. The number of fused-ring (bicyclic) bond motifs is 3. The molecule has 2 nitrogen and oxygen atoms in total. The van der Waals surface area contributed by atoms with Gasteiger partial charge in [-0.05, 0) is 29.2 Å². The SMILES string of the molecule is COCC(C)OCC1c2ccccc2-c2ccccc21. The second-order valence-electron chi connectivity index (χ2n) is 5.33. The van der Waals surface area contributed by atoms with E-state index in [1.165, 1.54) is 22.3 Å². The van der Waals surface area contributed by atoms with Crippen molar-refractivity contribution in [1.29, 1.82) is 0 Å². The summed E-state index contributed by atoms with van der Waals surface area (Å²) in [6.07, 6.45) is 0.125. The van der Waals surface area contributed by atoms with E-state index in [1.807, 2.05) is 0 Å². The molecule has 104 valence electrons. The van der Waals surface area contributed by atoms with Crippen LogP contribution in [0.4, 0.5) is 0 Å². The molecule has 20 heavy (non-hydrogen) atoms. The highest BCUT2D eigenvalue weighted by atomic mass is 16.5. The normalized spacial score (nSPS) is 14.9. The predicted octanol–water partition coefficient (Wildman–Crippen LogP) is 3.85. The van der Waals surface area contributed by atoms with Crippen LogP contribution in [-0.4, -0.2) is 26.4 Å². The largest absolute Gasteiger partial charge is 0.382 e. The van der Waals surface area contributed by atoms with Crippen molar-refractivity contribution in [3.63, 3.8) is 0 Å². The number of ether oxygens (including phenoxy) is 2. The number of methoxy groups -OCH3 is 1. The minimum absolute atomic E-state index is 0.125. The van der Waals surface area contributed by atoms with Crippen molar-refractivity contribution in [2.75, 3.05) is 20.3 Å². The highest BCUT2D eigenvalue weighted by Crippen LogP contribution is 2.44. The summed E-state index contributed by atoms with van der Waals surface area (Å²) in [6, 6.07) is 17.2. The van der Waals surface area contributed by atoms with Crippen LogP contribution in [0.2, 0.25) is 0 Å². The Labute approximate surface area is 120 Å². The second-order valence-corrected chi connectivity index (χ2v) is 5.33. The van der Waals surface area contributed by atoms with Gasteiger partial charge in [-0.1, -0.05) is 48.5 Å². The summed E-state index contributed by atoms with van der Waals surface area (Å²) < 4.78 is 11.1. The number of hydrogen-bond acceptors (Lipinski definition) is 2. The van der Waals surface area contributed by atoms with Gasteiger partial charge in [-0.3, -0.25) is 0 Å². The van der Waals surface area contributed by atoms with E-state index in [4.69, 9.17) is 9.47 Å². The number of benzene rings is 2. The molecule has 2 heteroatoms. The van der Waals surface area contributed by atoms with Crippen LogP contribution in [0.3, 0.4) is 0 Å². The molecule has 0 aromatic heterocycles. The summed E-state index contributed by atoms with van der Waals surface area (Å²) in [5.74, 6) is 0.335. The molecule has 2 aromatic rings. The second kappa shape index (κ2) is 5.78. The molecule has 1 unspecified atom stereocenters. The van der Waals surface area contributed by atoms with Crippen LogP contribution >= 0.6 is 0 Å². The van der Waals surface area contributed by atoms with Gasteiger partial charge in [0.2, 0.25) is 0 Å². The van der Waals surface area contributed by atoms with Crippen LogP contribution in [0.5, 0.6) is 0 Å². The van der Waals surface area contributed by atoms with Crippen molar-refractivity contribution in [2.24, 2.45) is 0 Å². The molecule has 0 aliphatic heterocycles. The Morgan fingerprint density at radius 3 is 2.05 bits per heavy atom. The molecule has 0 heterocycles. The molecule has 0 amide bonds. The van der Waals surface area contributed by atoms with Gasteiger partial charge in [0.05, 0.1) is 19.3 Å². The van der Waals surface area contributed by atoms with Crippen LogP contribution in [0, 0.1) is 0 Å². The van der Waals surface area contributed by atoms with Crippen molar-refractivity contribution in [3.05, 3.63) is 59.7 Å². The molecular formula is C18H20O2. The Kier molecular flexibility index (Phi) is 3.86. The first-order chi connectivity index (χ1) is 9.81. The van der Waals surface area contributed by atoms with Gasteiger partial charge in [0.25, 0.3) is 0 Å². The van der Waals surface area contributed by atoms with Crippen LogP contribution in [-0.2, 0) is 9.47 Å². The minimum Gasteiger partial charge on any atom is -0.382 e. The lowest BCUT2D eigenvalue weighted by molar-refractivity contribution is 0.00645. The van der Waals surface area contributed by atoms with Crippen LogP contribution in [0.15, 0.2) is 48.5 Å². The van der Waals surface area contributed by atoms with E-state index >= 15 is 0 Å². The highest BCUT2D eigenvalue weighted by molar-refractivity contribution is 5.78. The van der Waals surface area contributed by atoms with Gasteiger partial charge < -0.3 is 9.47 Å². The van der Waals surface area contributed by atoms with Crippen molar-refractivity contribution < 1.29 is 9.47 Å². The third kappa shape index (κ3) is 2.37. The maximum Gasteiger partial charge on any atom is 0.0780 e. The van der Waals surface area contributed by atoms with Gasteiger partial charge in [0, 0.05) is 13.0 Å². The monoisotopic (exact) mass is 268 g/mol. The molecule has 3 rings (SSSR count). The van der Waals surface area contributed by atoms with Gasteiger partial charge in [-0.2, -0.15) is 0 Å².